The van der Waals surface area contributed by atoms with E-state index in [-0.39, 0.29) is 5.97 Å². The summed E-state index contributed by atoms with van der Waals surface area (Å²) in [5.41, 5.74) is 2.10. The molecule has 0 amide bonds. The number of ether oxygens (including phenoxy) is 1. The van der Waals surface area contributed by atoms with Crippen molar-refractivity contribution in [1.82, 2.24) is 0 Å². The number of carbonyl (C=O) groups excluding carboxylic acids is 1. The summed E-state index contributed by atoms with van der Waals surface area (Å²) in [5, 5.41) is 11.9. The molecule has 0 spiro atoms. The van der Waals surface area contributed by atoms with Crippen LogP contribution in [0.5, 0.6) is 0 Å². The summed E-state index contributed by atoms with van der Waals surface area (Å²) in [4.78, 5) is 11.1. The Kier molecular flexibility index (Phi) is 7.90. The van der Waals surface area contributed by atoms with Gasteiger partial charge in [-0.05, 0) is 37.5 Å². The molecule has 0 fully saturated rings. The largest absolute Gasteiger partial charge is 0.466 e. The number of benzene rings is 1. The average molecular weight is 274 g/mol. The molecule has 0 unspecified atom stereocenters. The minimum Gasteiger partial charge on any atom is -0.466 e. The highest BCUT2D eigenvalue weighted by Crippen LogP contribution is 2.10. The van der Waals surface area contributed by atoms with Gasteiger partial charge in [0.2, 0.25) is 0 Å². The Balaban J connectivity index is 2.09. The predicted molar refractivity (Wildman–Crippen MR) is 79.3 cm³/mol. The van der Waals surface area contributed by atoms with Crippen LogP contribution in [0.25, 0.3) is 0 Å². The smallest absolute Gasteiger partial charge is 0.305 e. The Morgan fingerprint density at radius 3 is 2.65 bits per heavy atom. The molecule has 0 heterocycles. The first-order chi connectivity index (χ1) is 9.76. The van der Waals surface area contributed by atoms with Gasteiger partial charge in [-0.1, -0.05) is 18.6 Å². The van der Waals surface area contributed by atoms with Crippen molar-refractivity contribution in [2.45, 2.75) is 39.0 Å². The zero-order chi connectivity index (χ0) is 14.6. The Hall–Kier alpha value is -2.02. The number of hydrogen-bond donors (Lipinski definition) is 1. The fourth-order valence-corrected chi connectivity index (χ4v) is 1.87. The fraction of sp³-hybridized carbons (Fsp3) is 0.500. The zero-order valence-electron chi connectivity index (χ0n) is 12.0. The van der Waals surface area contributed by atoms with Crippen LogP contribution in [0.15, 0.2) is 24.3 Å². The molecule has 1 rings (SSSR count). The summed E-state index contributed by atoms with van der Waals surface area (Å²) in [5.74, 6) is -0.103. The van der Waals surface area contributed by atoms with Gasteiger partial charge < -0.3 is 10.1 Å². The van der Waals surface area contributed by atoms with Crippen molar-refractivity contribution in [3.8, 4) is 6.07 Å². The molecule has 0 aromatic heterocycles. The first-order valence-corrected chi connectivity index (χ1v) is 7.11. The van der Waals surface area contributed by atoms with Gasteiger partial charge in [-0.25, -0.2) is 0 Å². The highest BCUT2D eigenvalue weighted by Gasteiger charge is 2.00. The average Bonchev–Trinajstić information content (AvgIpc) is 2.45. The topological polar surface area (TPSA) is 62.1 Å². The summed E-state index contributed by atoms with van der Waals surface area (Å²) in [7, 11) is 0. The molecule has 4 heteroatoms. The molecular formula is C16H22N2O2. The van der Waals surface area contributed by atoms with E-state index in [0.29, 0.717) is 19.4 Å². The number of rotatable bonds is 9. The van der Waals surface area contributed by atoms with Gasteiger partial charge in [0.05, 0.1) is 19.1 Å². The molecule has 0 bridgehead atoms. The monoisotopic (exact) mass is 274 g/mol. The molecule has 108 valence electrons. The van der Waals surface area contributed by atoms with Crippen LogP contribution in [0.4, 0.5) is 5.69 Å². The van der Waals surface area contributed by atoms with Crippen molar-refractivity contribution in [2.24, 2.45) is 0 Å². The second kappa shape index (κ2) is 9.85. The molecule has 0 aliphatic heterocycles. The number of hydrogen-bond acceptors (Lipinski definition) is 4. The van der Waals surface area contributed by atoms with Crippen molar-refractivity contribution >= 4 is 11.7 Å². The van der Waals surface area contributed by atoms with Gasteiger partial charge in [-0.2, -0.15) is 5.26 Å². The third-order valence-electron chi connectivity index (χ3n) is 2.93. The number of unbranched alkanes of at least 4 members (excludes halogenated alkanes) is 2. The van der Waals surface area contributed by atoms with Crippen LogP contribution < -0.4 is 5.32 Å². The minimum absolute atomic E-state index is 0.103. The highest BCUT2D eigenvalue weighted by atomic mass is 16.5. The second-order valence-electron chi connectivity index (χ2n) is 4.57. The van der Waals surface area contributed by atoms with Crippen LogP contribution in [0.3, 0.4) is 0 Å². The number of esters is 1. The lowest BCUT2D eigenvalue weighted by Gasteiger charge is -2.07. The van der Waals surface area contributed by atoms with E-state index in [1.807, 2.05) is 31.2 Å². The van der Waals surface area contributed by atoms with Crippen LogP contribution >= 0.6 is 0 Å². The third kappa shape index (κ3) is 6.79. The molecule has 0 atom stereocenters. The van der Waals surface area contributed by atoms with Crippen LogP contribution in [0.1, 0.15) is 38.2 Å². The summed E-state index contributed by atoms with van der Waals surface area (Å²) in [6, 6.07) is 10.0. The lowest BCUT2D eigenvalue weighted by Crippen LogP contribution is -2.05. The normalized spacial score (nSPS) is 9.80. The van der Waals surface area contributed by atoms with Crippen molar-refractivity contribution in [1.29, 1.82) is 5.26 Å². The van der Waals surface area contributed by atoms with Gasteiger partial charge in [0, 0.05) is 18.7 Å². The Morgan fingerprint density at radius 2 is 2.00 bits per heavy atom. The van der Waals surface area contributed by atoms with E-state index in [0.717, 1.165) is 37.1 Å². The van der Waals surface area contributed by atoms with Crippen molar-refractivity contribution < 1.29 is 9.53 Å². The molecule has 20 heavy (non-hydrogen) atoms. The maximum absolute atomic E-state index is 11.1. The van der Waals surface area contributed by atoms with Crippen molar-refractivity contribution in [3.63, 3.8) is 0 Å². The molecule has 4 nitrogen and oxygen atoms in total. The summed E-state index contributed by atoms with van der Waals surface area (Å²) >= 11 is 0. The Morgan fingerprint density at radius 1 is 1.25 bits per heavy atom. The Bertz CT molecular complexity index is 435. The van der Waals surface area contributed by atoms with E-state index < -0.39 is 0 Å². The second-order valence-corrected chi connectivity index (χ2v) is 4.57. The van der Waals surface area contributed by atoms with Crippen LogP contribution in [-0.2, 0) is 16.0 Å². The van der Waals surface area contributed by atoms with Gasteiger partial charge in [0.25, 0.3) is 0 Å². The van der Waals surface area contributed by atoms with E-state index in [1.54, 1.807) is 0 Å². The van der Waals surface area contributed by atoms with Gasteiger partial charge in [0.1, 0.15) is 0 Å². The SMILES string of the molecule is CCOC(=O)CCCCCNc1ccc(CC#N)cc1. The molecule has 0 saturated carbocycles. The predicted octanol–water partition coefficient (Wildman–Crippen LogP) is 3.29. The van der Waals surface area contributed by atoms with Gasteiger partial charge in [-0.3, -0.25) is 4.79 Å². The van der Waals surface area contributed by atoms with Crippen LogP contribution in [0, 0.1) is 11.3 Å². The first-order valence-electron chi connectivity index (χ1n) is 7.11. The molecule has 0 saturated heterocycles. The molecule has 0 radical (unpaired) electrons. The third-order valence-corrected chi connectivity index (χ3v) is 2.93. The van der Waals surface area contributed by atoms with Gasteiger partial charge >= 0.3 is 5.97 Å². The summed E-state index contributed by atoms with van der Waals surface area (Å²) < 4.78 is 4.87. The number of nitrogens with zero attached hydrogens (tertiary/aromatic N) is 1. The van der Waals surface area contributed by atoms with Gasteiger partial charge in [0.15, 0.2) is 0 Å². The molecular weight excluding hydrogens is 252 g/mol. The van der Waals surface area contributed by atoms with Crippen LogP contribution in [-0.4, -0.2) is 19.1 Å². The van der Waals surface area contributed by atoms with E-state index in [2.05, 4.69) is 11.4 Å². The minimum atomic E-state index is -0.103. The number of nitrogens with one attached hydrogen (secondary N) is 1. The summed E-state index contributed by atoms with van der Waals surface area (Å²) in [6.45, 7) is 3.17. The number of carbonyl (C=O) groups is 1. The Labute approximate surface area is 120 Å². The maximum Gasteiger partial charge on any atom is 0.305 e. The van der Waals surface area contributed by atoms with Gasteiger partial charge in [-0.15, -0.1) is 0 Å². The first kappa shape index (κ1) is 16.0. The highest BCUT2D eigenvalue weighted by molar-refractivity contribution is 5.69. The summed E-state index contributed by atoms with van der Waals surface area (Å²) in [6.07, 6.45) is 3.88. The van der Waals surface area contributed by atoms with E-state index in [1.165, 1.54) is 0 Å². The standard InChI is InChI=1S/C16H22N2O2/c1-2-20-16(19)6-4-3-5-13-18-15-9-7-14(8-10-15)11-12-17/h7-10,18H,2-6,11,13H2,1H3. The number of nitriles is 1. The quantitative estimate of drug-likeness (QED) is 0.554. The zero-order valence-corrected chi connectivity index (χ0v) is 12.0. The molecule has 0 aliphatic rings. The van der Waals surface area contributed by atoms with E-state index >= 15 is 0 Å². The molecule has 1 N–H and O–H groups in total. The lowest BCUT2D eigenvalue weighted by molar-refractivity contribution is -0.143. The number of anilines is 1. The molecule has 1 aromatic rings. The molecule has 0 aliphatic carbocycles. The molecule has 1 aromatic carbocycles. The van der Waals surface area contributed by atoms with E-state index in [9.17, 15) is 4.79 Å². The van der Waals surface area contributed by atoms with Crippen molar-refractivity contribution in [2.75, 3.05) is 18.5 Å². The maximum atomic E-state index is 11.1. The lowest BCUT2D eigenvalue weighted by atomic mass is 10.1. The van der Waals surface area contributed by atoms with Crippen LogP contribution in [0.2, 0.25) is 0 Å². The van der Waals surface area contributed by atoms with Crippen molar-refractivity contribution in [3.05, 3.63) is 29.8 Å². The van der Waals surface area contributed by atoms with E-state index in [4.69, 9.17) is 10.00 Å². The fourth-order valence-electron chi connectivity index (χ4n) is 1.87.